The lowest BCUT2D eigenvalue weighted by Gasteiger charge is -2.16. The van der Waals surface area contributed by atoms with Crippen LogP contribution >= 0.6 is 11.6 Å². The van der Waals surface area contributed by atoms with Gasteiger partial charge < -0.3 is 14.8 Å². The number of hydrogen-bond acceptors (Lipinski definition) is 3. The number of hydrogen-bond donors (Lipinski definition) is 1. The highest BCUT2D eigenvalue weighted by Crippen LogP contribution is 2.37. The first-order valence-electron chi connectivity index (χ1n) is 8.55. The van der Waals surface area contributed by atoms with E-state index in [0.717, 1.165) is 25.7 Å². The first kappa shape index (κ1) is 17.9. The van der Waals surface area contributed by atoms with Gasteiger partial charge in [-0.1, -0.05) is 37.8 Å². The Balaban J connectivity index is 2.15. The standard InChI is InChI=1S/C18H26ClNO3/c1-3-5-10-23-17-15(19)11-13(12-16(17)22-4-2)18(21)20-14-8-6-7-9-14/h11-12,14H,3-10H2,1-2H3,(H,20,21). The predicted molar refractivity (Wildman–Crippen MR) is 92.7 cm³/mol. The quantitative estimate of drug-likeness (QED) is 0.705. The molecular weight excluding hydrogens is 314 g/mol. The van der Waals surface area contributed by atoms with Crippen LogP contribution in [0, 0.1) is 0 Å². The topological polar surface area (TPSA) is 47.6 Å². The third-order valence-corrected chi connectivity index (χ3v) is 4.29. The number of carbonyl (C=O) groups is 1. The van der Waals surface area contributed by atoms with Gasteiger partial charge in [-0.05, 0) is 38.3 Å². The Morgan fingerprint density at radius 3 is 2.65 bits per heavy atom. The Labute approximate surface area is 143 Å². The number of benzene rings is 1. The smallest absolute Gasteiger partial charge is 0.251 e. The van der Waals surface area contributed by atoms with Crippen LogP contribution in [0.3, 0.4) is 0 Å². The molecule has 0 aliphatic heterocycles. The van der Waals surface area contributed by atoms with E-state index in [-0.39, 0.29) is 11.9 Å². The van der Waals surface area contributed by atoms with Gasteiger partial charge in [0.15, 0.2) is 11.5 Å². The monoisotopic (exact) mass is 339 g/mol. The molecule has 1 aromatic rings. The van der Waals surface area contributed by atoms with Crippen LogP contribution < -0.4 is 14.8 Å². The van der Waals surface area contributed by atoms with E-state index in [1.165, 1.54) is 12.8 Å². The molecular formula is C18H26ClNO3. The maximum absolute atomic E-state index is 12.4. The Bertz CT molecular complexity index is 527. The summed E-state index contributed by atoms with van der Waals surface area (Å²) in [6.07, 6.45) is 6.46. The molecule has 0 unspecified atom stereocenters. The van der Waals surface area contributed by atoms with Crippen molar-refractivity contribution in [2.75, 3.05) is 13.2 Å². The van der Waals surface area contributed by atoms with Crippen molar-refractivity contribution in [1.29, 1.82) is 0 Å². The molecule has 1 saturated carbocycles. The molecule has 0 bridgehead atoms. The highest BCUT2D eigenvalue weighted by Gasteiger charge is 2.20. The second-order valence-corrected chi connectivity index (χ2v) is 6.28. The zero-order valence-electron chi connectivity index (χ0n) is 14.0. The lowest BCUT2D eigenvalue weighted by Crippen LogP contribution is -2.32. The second kappa shape index (κ2) is 9.02. The number of unbranched alkanes of at least 4 members (excludes halogenated alkanes) is 1. The molecule has 0 atom stereocenters. The Kier molecular flexibility index (Phi) is 7.03. The summed E-state index contributed by atoms with van der Waals surface area (Å²) in [5.74, 6) is 0.965. The number of carbonyl (C=O) groups excluding carboxylic acids is 1. The summed E-state index contributed by atoms with van der Waals surface area (Å²) in [5, 5.41) is 3.49. The van der Waals surface area contributed by atoms with Gasteiger partial charge in [-0.3, -0.25) is 4.79 Å². The van der Waals surface area contributed by atoms with E-state index in [0.29, 0.717) is 35.3 Å². The fourth-order valence-corrected chi connectivity index (χ4v) is 3.02. The minimum atomic E-state index is -0.0974. The molecule has 1 N–H and O–H groups in total. The maximum atomic E-state index is 12.4. The molecule has 5 heteroatoms. The summed E-state index contributed by atoms with van der Waals surface area (Å²) >= 11 is 6.32. The average Bonchev–Trinajstić information content (AvgIpc) is 3.03. The SMILES string of the molecule is CCCCOc1c(Cl)cc(C(=O)NC2CCCC2)cc1OCC. The zero-order valence-corrected chi connectivity index (χ0v) is 14.7. The van der Waals surface area contributed by atoms with Crippen LogP contribution in [0.5, 0.6) is 11.5 Å². The molecule has 23 heavy (non-hydrogen) atoms. The van der Waals surface area contributed by atoms with Gasteiger partial charge in [-0.15, -0.1) is 0 Å². The van der Waals surface area contributed by atoms with E-state index in [2.05, 4.69) is 12.2 Å². The van der Waals surface area contributed by atoms with E-state index in [4.69, 9.17) is 21.1 Å². The van der Waals surface area contributed by atoms with E-state index < -0.39 is 0 Å². The number of amides is 1. The van der Waals surface area contributed by atoms with E-state index in [9.17, 15) is 4.79 Å². The minimum Gasteiger partial charge on any atom is -0.490 e. The normalized spacial score (nSPS) is 14.7. The fourth-order valence-electron chi connectivity index (χ4n) is 2.76. The number of halogens is 1. The third-order valence-electron chi connectivity index (χ3n) is 4.01. The van der Waals surface area contributed by atoms with Crippen molar-refractivity contribution in [2.24, 2.45) is 0 Å². The fraction of sp³-hybridized carbons (Fsp3) is 0.611. The van der Waals surface area contributed by atoms with E-state index >= 15 is 0 Å². The van der Waals surface area contributed by atoms with Crippen LogP contribution in [-0.4, -0.2) is 25.2 Å². The van der Waals surface area contributed by atoms with Crippen LogP contribution in [0.2, 0.25) is 5.02 Å². The van der Waals surface area contributed by atoms with Gasteiger partial charge >= 0.3 is 0 Å². The Hall–Kier alpha value is -1.42. The largest absolute Gasteiger partial charge is 0.490 e. The number of ether oxygens (including phenoxy) is 2. The summed E-state index contributed by atoms with van der Waals surface area (Å²) in [5.41, 5.74) is 0.521. The maximum Gasteiger partial charge on any atom is 0.251 e. The number of rotatable bonds is 8. The van der Waals surface area contributed by atoms with Crippen LogP contribution in [0.25, 0.3) is 0 Å². The Morgan fingerprint density at radius 2 is 2.00 bits per heavy atom. The van der Waals surface area contributed by atoms with Crippen LogP contribution in [0.4, 0.5) is 0 Å². The highest BCUT2D eigenvalue weighted by atomic mass is 35.5. The summed E-state index contributed by atoms with van der Waals surface area (Å²) in [6, 6.07) is 3.66. The molecule has 1 amide bonds. The van der Waals surface area contributed by atoms with Crippen LogP contribution in [-0.2, 0) is 0 Å². The van der Waals surface area contributed by atoms with Crippen molar-refractivity contribution in [2.45, 2.75) is 58.4 Å². The van der Waals surface area contributed by atoms with Crippen LogP contribution in [0.1, 0.15) is 62.7 Å². The lowest BCUT2D eigenvalue weighted by atomic mass is 10.1. The summed E-state index contributed by atoms with van der Waals surface area (Å²) in [6.45, 7) is 5.08. The van der Waals surface area contributed by atoms with Gasteiger partial charge in [0.2, 0.25) is 0 Å². The van der Waals surface area contributed by atoms with Gasteiger partial charge in [-0.2, -0.15) is 0 Å². The summed E-state index contributed by atoms with van der Waals surface area (Å²) in [4.78, 5) is 12.4. The van der Waals surface area contributed by atoms with E-state index in [1.807, 2.05) is 6.92 Å². The van der Waals surface area contributed by atoms with Crippen molar-refractivity contribution in [1.82, 2.24) is 5.32 Å². The molecule has 0 heterocycles. The predicted octanol–water partition coefficient (Wildman–Crippen LogP) is 4.59. The van der Waals surface area contributed by atoms with Crippen molar-refractivity contribution in [3.8, 4) is 11.5 Å². The molecule has 2 rings (SSSR count). The molecule has 1 aliphatic rings. The van der Waals surface area contributed by atoms with Gasteiger partial charge in [0.1, 0.15) is 0 Å². The molecule has 0 spiro atoms. The second-order valence-electron chi connectivity index (χ2n) is 5.88. The molecule has 0 aromatic heterocycles. The Morgan fingerprint density at radius 1 is 1.26 bits per heavy atom. The summed E-state index contributed by atoms with van der Waals surface area (Å²) < 4.78 is 11.4. The lowest BCUT2D eigenvalue weighted by molar-refractivity contribution is 0.0937. The van der Waals surface area contributed by atoms with Gasteiger partial charge in [0, 0.05) is 11.6 Å². The molecule has 1 aromatic carbocycles. The van der Waals surface area contributed by atoms with E-state index in [1.54, 1.807) is 12.1 Å². The zero-order chi connectivity index (χ0) is 16.7. The highest BCUT2D eigenvalue weighted by molar-refractivity contribution is 6.32. The molecule has 4 nitrogen and oxygen atoms in total. The van der Waals surface area contributed by atoms with Crippen molar-refractivity contribution >= 4 is 17.5 Å². The third kappa shape index (κ3) is 5.03. The van der Waals surface area contributed by atoms with Crippen molar-refractivity contribution in [3.05, 3.63) is 22.7 Å². The first-order chi connectivity index (χ1) is 11.2. The van der Waals surface area contributed by atoms with Crippen molar-refractivity contribution < 1.29 is 14.3 Å². The summed E-state index contributed by atoms with van der Waals surface area (Å²) in [7, 11) is 0. The number of nitrogens with one attached hydrogen (secondary N) is 1. The molecule has 0 saturated heterocycles. The molecule has 1 aliphatic carbocycles. The minimum absolute atomic E-state index is 0.0974. The van der Waals surface area contributed by atoms with Crippen molar-refractivity contribution in [3.63, 3.8) is 0 Å². The van der Waals surface area contributed by atoms with Gasteiger partial charge in [-0.25, -0.2) is 0 Å². The van der Waals surface area contributed by atoms with Crippen LogP contribution in [0.15, 0.2) is 12.1 Å². The first-order valence-corrected chi connectivity index (χ1v) is 8.93. The van der Waals surface area contributed by atoms with Gasteiger partial charge in [0.25, 0.3) is 5.91 Å². The molecule has 128 valence electrons. The average molecular weight is 340 g/mol. The van der Waals surface area contributed by atoms with Gasteiger partial charge in [0.05, 0.1) is 18.2 Å². The molecule has 1 fully saturated rings. The molecule has 0 radical (unpaired) electrons.